The molecule has 1 aliphatic carbocycles. The van der Waals surface area contributed by atoms with Crippen molar-refractivity contribution in [3.05, 3.63) is 41.3 Å². The van der Waals surface area contributed by atoms with E-state index in [9.17, 15) is 18.4 Å². The molecule has 2 heterocycles. The summed E-state index contributed by atoms with van der Waals surface area (Å²) in [6.07, 6.45) is 2.15. The van der Waals surface area contributed by atoms with Crippen molar-refractivity contribution in [2.45, 2.75) is 19.3 Å². The number of nitrogens with zero attached hydrogens (tertiary/aromatic N) is 3. The Morgan fingerprint density at radius 3 is 2.74 bits per heavy atom. The molecule has 0 atom stereocenters. The quantitative estimate of drug-likeness (QED) is 0.824. The second-order valence-corrected chi connectivity index (χ2v) is 6.63. The normalized spacial score (nSPS) is 19.1. The van der Waals surface area contributed by atoms with Crippen LogP contribution in [0.15, 0.2) is 27.6 Å². The highest BCUT2D eigenvalue weighted by atomic mass is 19.1. The molecule has 8 heteroatoms. The van der Waals surface area contributed by atoms with Crippen molar-refractivity contribution >= 4 is 17.3 Å². The Kier molecular flexibility index (Phi) is 4.65. The number of aromatic nitrogens is 1. The first-order chi connectivity index (χ1) is 13.0. The molecular formula is C19H17F2N3O3. The Balaban J connectivity index is 1.59. The molecule has 0 radical (unpaired) electrons. The number of oxazole rings is 1. The van der Waals surface area contributed by atoms with E-state index in [1.807, 2.05) is 0 Å². The molecule has 140 valence electrons. The number of ketones is 2. The molecule has 2 aliphatic rings. The molecule has 0 bridgehead atoms. The van der Waals surface area contributed by atoms with Crippen molar-refractivity contribution in [3.63, 3.8) is 0 Å². The van der Waals surface area contributed by atoms with Crippen LogP contribution in [-0.4, -0.2) is 53.3 Å². The van der Waals surface area contributed by atoms with E-state index in [1.54, 1.807) is 0 Å². The van der Waals surface area contributed by atoms with Crippen molar-refractivity contribution in [2.24, 2.45) is 4.99 Å². The minimum atomic E-state index is -0.755. The molecule has 4 rings (SSSR count). The molecule has 0 saturated carbocycles. The molecular weight excluding hydrogens is 356 g/mol. The van der Waals surface area contributed by atoms with Gasteiger partial charge in [0.05, 0.1) is 24.2 Å². The van der Waals surface area contributed by atoms with Gasteiger partial charge in [0, 0.05) is 6.54 Å². The second-order valence-electron chi connectivity index (χ2n) is 6.63. The Morgan fingerprint density at radius 2 is 1.96 bits per heavy atom. The summed E-state index contributed by atoms with van der Waals surface area (Å²) in [7, 11) is 0. The van der Waals surface area contributed by atoms with E-state index >= 15 is 0 Å². The first-order valence-corrected chi connectivity index (χ1v) is 8.83. The fraction of sp³-hybridized carbons (Fsp3) is 0.368. The van der Waals surface area contributed by atoms with Crippen molar-refractivity contribution in [1.29, 1.82) is 0 Å². The lowest BCUT2D eigenvalue weighted by molar-refractivity contribution is 0.0940. The summed E-state index contributed by atoms with van der Waals surface area (Å²) >= 11 is 0. The van der Waals surface area contributed by atoms with Gasteiger partial charge >= 0.3 is 0 Å². The molecule has 1 aliphatic heterocycles. The number of rotatable bonds is 4. The zero-order valence-electron chi connectivity index (χ0n) is 14.5. The van der Waals surface area contributed by atoms with Gasteiger partial charge in [-0.05, 0) is 44.1 Å². The number of benzene rings is 1. The summed E-state index contributed by atoms with van der Waals surface area (Å²) in [5.74, 6) is -2.90. The number of fused-ring (bicyclic) bond motifs is 1. The van der Waals surface area contributed by atoms with Gasteiger partial charge < -0.3 is 9.32 Å². The zero-order valence-corrected chi connectivity index (χ0v) is 14.5. The predicted molar refractivity (Wildman–Crippen MR) is 93.1 cm³/mol. The largest absolute Gasteiger partial charge is 0.432 e. The van der Waals surface area contributed by atoms with E-state index in [2.05, 4.69) is 14.9 Å². The van der Waals surface area contributed by atoms with Gasteiger partial charge in [-0.2, -0.15) is 0 Å². The SMILES string of the molecule is O=C1C(=NCCN2CCCC2)CC(=O)c2oc(-c3cc(F)ccc3F)nc21. The van der Waals surface area contributed by atoms with Gasteiger partial charge in [0.15, 0.2) is 5.69 Å². The summed E-state index contributed by atoms with van der Waals surface area (Å²) in [5, 5.41) is 0. The summed E-state index contributed by atoms with van der Waals surface area (Å²) in [5.41, 5.74) is -0.298. The lowest BCUT2D eigenvalue weighted by atomic mass is 9.97. The van der Waals surface area contributed by atoms with E-state index in [0.717, 1.165) is 50.7 Å². The van der Waals surface area contributed by atoms with Gasteiger partial charge in [0.2, 0.25) is 23.2 Å². The number of aliphatic imine (C=N–C) groups is 1. The first kappa shape index (κ1) is 17.7. The van der Waals surface area contributed by atoms with Gasteiger partial charge in [-0.1, -0.05) is 0 Å². The van der Waals surface area contributed by atoms with E-state index in [4.69, 9.17) is 4.42 Å². The number of carbonyl (C=O) groups is 2. The highest BCUT2D eigenvalue weighted by Crippen LogP contribution is 2.29. The van der Waals surface area contributed by atoms with Crippen LogP contribution in [0.3, 0.4) is 0 Å². The summed E-state index contributed by atoms with van der Waals surface area (Å²) in [6, 6.07) is 2.80. The number of halogens is 2. The van der Waals surface area contributed by atoms with Crippen molar-refractivity contribution in [3.8, 4) is 11.5 Å². The smallest absolute Gasteiger partial charge is 0.230 e. The van der Waals surface area contributed by atoms with Crippen LogP contribution in [0.1, 0.15) is 40.3 Å². The Hall–Kier alpha value is -2.74. The monoisotopic (exact) mass is 373 g/mol. The van der Waals surface area contributed by atoms with E-state index in [1.165, 1.54) is 0 Å². The Labute approximate surface area is 153 Å². The molecule has 27 heavy (non-hydrogen) atoms. The lowest BCUT2D eigenvalue weighted by Gasteiger charge is -2.13. The van der Waals surface area contributed by atoms with Crippen molar-refractivity contribution in [2.75, 3.05) is 26.2 Å². The van der Waals surface area contributed by atoms with Crippen LogP contribution in [-0.2, 0) is 0 Å². The fourth-order valence-electron chi connectivity index (χ4n) is 3.35. The minimum absolute atomic E-state index is 0.131. The molecule has 0 amide bonds. The van der Waals surface area contributed by atoms with Crippen LogP contribution in [0.2, 0.25) is 0 Å². The third kappa shape index (κ3) is 3.44. The summed E-state index contributed by atoms with van der Waals surface area (Å²) in [6.45, 7) is 3.20. The highest BCUT2D eigenvalue weighted by Gasteiger charge is 2.35. The first-order valence-electron chi connectivity index (χ1n) is 8.83. The summed E-state index contributed by atoms with van der Waals surface area (Å²) < 4.78 is 32.6. The van der Waals surface area contributed by atoms with Crippen molar-refractivity contribution < 1.29 is 22.8 Å². The molecule has 1 aromatic carbocycles. The van der Waals surface area contributed by atoms with Crippen LogP contribution in [0.4, 0.5) is 8.78 Å². The zero-order chi connectivity index (χ0) is 19.0. The lowest BCUT2D eigenvalue weighted by Crippen LogP contribution is -2.28. The second kappa shape index (κ2) is 7.11. The number of likely N-dealkylation sites (tertiary alicyclic amines) is 1. The maximum absolute atomic E-state index is 13.9. The van der Waals surface area contributed by atoms with E-state index < -0.39 is 23.2 Å². The molecule has 1 fully saturated rings. The summed E-state index contributed by atoms with van der Waals surface area (Å²) in [4.78, 5) is 35.4. The van der Waals surface area contributed by atoms with Crippen LogP contribution in [0.25, 0.3) is 11.5 Å². The van der Waals surface area contributed by atoms with Gasteiger partial charge in [0.1, 0.15) is 11.6 Å². The maximum atomic E-state index is 13.9. The molecule has 2 aromatic rings. The topological polar surface area (TPSA) is 75.8 Å². The van der Waals surface area contributed by atoms with Crippen LogP contribution >= 0.6 is 0 Å². The minimum Gasteiger partial charge on any atom is -0.432 e. The van der Waals surface area contributed by atoms with Gasteiger partial charge in [-0.15, -0.1) is 0 Å². The van der Waals surface area contributed by atoms with Crippen LogP contribution < -0.4 is 0 Å². The Bertz CT molecular complexity index is 946. The van der Waals surface area contributed by atoms with Gasteiger partial charge in [0.25, 0.3) is 0 Å². The number of Topliss-reactive ketones (excluding diaryl/α,β-unsaturated/α-hetero) is 2. The Morgan fingerprint density at radius 1 is 1.19 bits per heavy atom. The molecule has 0 unspecified atom stereocenters. The third-order valence-corrected chi connectivity index (χ3v) is 4.76. The third-order valence-electron chi connectivity index (χ3n) is 4.76. The molecule has 6 nitrogen and oxygen atoms in total. The fourth-order valence-corrected chi connectivity index (χ4v) is 3.35. The van der Waals surface area contributed by atoms with Gasteiger partial charge in [-0.3, -0.25) is 14.6 Å². The van der Waals surface area contributed by atoms with Crippen molar-refractivity contribution in [1.82, 2.24) is 9.88 Å². The van der Waals surface area contributed by atoms with E-state index in [-0.39, 0.29) is 35.0 Å². The standard InChI is InChI=1S/C19H17F2N3O3/c20-11-3-4-13(21)12(9-11)19-23-16-17(26)14(10-15(25)18(16)27-19)22-5-8-24-6-1-2-7-24/h3-4,9H,1-2,5-8,10H2. The molecule has 1 aromatic heterocycles. The maximum Gasteiger partial charge on any atom is 0.230 e. The van der Waals surface area contributed by atoms with Crippen LogP contribution in [0, 0.1) is 11.6 Å². The molecule has 0 N–H and O–H groups in total. The molecule has 1 saturated heterocycles. The van der Waals surface area contributed by atoms with Crippen LogP contribution in [0.5, 0.6) is 0 Å². The highest BCUT2D eigenvalue weighted by molar-refractivity contribution is 6.52. The average molecular weight is 373 g/mol. The number of carbonyl (C=O) groups excluding carboxylic acids is 2. The van der Waals surface area contributed by atoms with Gasteiger partial charge in [-0.25, -0.2) is 13.8 Å². The average Bonchev–Trinajstić information content (AvgIpc) is 3.31. The molecule has 0 spiro atoms. The predicted octanol–water partition coefficient (Wildman–Crippen LogP) is 2.93. The number of hydrogen-bond acceptors (Lipinski definition) is 6. The van der Waals surface area contributed by atoms with E-state index in [0.29, 0.717) is 6.54 Å². The number of hydrogen-bond donors (Lipinski definition) is 0.